The van der Waals surface area contributed by atoms with E-state index in [1.807, 2.05) is 30.0 Å². The van der Waals surface area contributed by atoms with E-state index in [0.717, 1.165) is 18.9 Å². The summed E-state index contributed by atoms with van der Waals surface area (Å²) >= 11 is 0. The smallest absolute Gasteiger partial charge is 0.246 e. The molecule has 2 rings (SSSR count). The molecule has 0 bridgehead atoms. The maximum absolute atomic E-state index is 12.3. The van der Waals surface area contributed by atoms with E-state index in [-0.39, 0.29) is 11.9 Å². The molecular weight excluding hydrogens is 256 g/mol. The number of carbonyl (C=O) groups excluding carboxylic acids is 1. The topological polar surface area (TPSA) is 64.6 Å². The van der Waals surface area contributed by atoms with Crippen LogP contribution in [-0.4, -0.2) is 74.6 Å². The van der Waals surface area contributed by atoms with Crippen LogP contribution in [0.25, 0.3) is 0 Å². The Morgan fingerprint density at radius 2 is 2.15 bits per heavy atom. The first-order chi connectivity index (χ1) is 9.50. The summed E-state index contributed by atoms with van der Waals surface area (Å²) in [4.78, 5) is 26.6. The summed E-state index contributed by atoms with van der Waals surface area (Å²) in [6, 6.07) is 1.64. The molecule has 1 unspecified atom stereocenters. The van der Waals surface area contributed by atoms with Gasteiger partial charge in [-0.1, -0.05) is 0 Å². The highest BCUT2D eigenvalue weighted by molar-refractivity contribution is 5.85. The summed E-state index contributed by atoms with van der Waals surface area (Å²) in [5.74, 6) is 1.53. The fourth-order valence-electron chi connectivity index (χ4n) is 2.21. The summed E-state index contributed by atoms with van der Waals surface area (Å²) in [5, 5.41) is 3.26. The van der Waals surface area contributed by atoms with E-state index < -0.39 is 0 Å². The van der Waals surface area contributed by atoms with Crippen molar-refractivity contribution in [1.82, 2.24) is 20.2 Å². The van der Waals surface area contributed by atoms with Gasteiger partial charge in [0.15, 0.2) is 0 Å². The molecule has 1 amide bonds. The Morgan fingerprint density at radius 3 is 2.80 bits per heavy atom. The predicted molar refractivity (Wildman–Crippen MR) is 79.1 cm³/mol. The van der Waals surface area contributed by atoms with E-state index >= 15 is 0 Å². The van der Waals surface area contributed by atoms with Crippen LogP contribution in [0.1, 0.15) is 0 Å². The van der Waals surface area contributed by atoms with E-state index in [1.54, 1.807) is 25.2 Å². The van der Waals surface area contributed by atoms with E-state index in [0.29, 0.717) is 12.5 Å². The molecule has 2 heterocycles. The molecule has 110 valence electrons. The molecule has 1 aliphatic heterocycles. The minimum Gasteiger partial charge on any atom is -0.347 e. The molecule has 1 saturated heterocycles. The normalized spacial score (nSPS) is 18.8. The third kappa shape index (κ3) is 2.98. The number of aromatic nitrogens is 2. The van der Waals surface area contributed by atoms with Crippen molar-refractivity contribution in [3.05, 3.63) is 12.3 Å². The maximum Gasteiger partial charge on any atom is 0.246 e. The minimum atomic E-state index is -0.219. The van der Waals surface area contributed by atoms with E-state index in [2.05, 4.69) is 15.3 Å². The molecule has 7 nitrogen and oxygen atoms in total. The van der Waals surface area contributed by atoms with Gasteiger partial charge in [-0.15, -0.1) is 0 Å². The van der Waals surface area contributed by atoms with E-state index in [9.17, 15) is 4.79 Å². The third-order valence-corrected chi connectivity index (χ3v) is 3.29. The van der Waals surface area contributed by atoms with Gasteiger partial charge in [0.1, 0.15) is 11.9 Å². The van der Waals surface area contributed by atoms with Crippen LogP contribution < -0.4 is 15.1 Å². The van der Waals surface area contributed by atoms with E-state index in [1.165, 1.54) is 0 Å². The summed E-state index contributed by atoms with van der Waals surface area (Å²) in [7, 11) is 7.36. The largest absolute Gasteiger partial charge is 0.347 e. The van der Waals surface area contributed by atoms with Crippen molar-refractivity contribution in [1.29, 1.82) is 0 Å². The molecule has 1 fully saturated rings. The lowest BCUT2D eigenvalue weighted by atomic mass is 10.1. The molecule has 1 aromatic rings. The number of nitrogens with zero attached hydrogens (tertiary/aromatic N) is 5. The van der Waals surface area contributed by atoms with Gasteiger partial charge in [0, 0.05) is 54.0 Å². The van der Waals surface area contributed by atoms with Crippen LogP contribution in [0.4, 0.5) is 11.8 Å². The van der Waals surface area contributed by atoms with Crippen molar-refractivity contribution in [3.8, 4) is 0 Å². The van der Waals surface area contributed by atoms with Crippen molar-refractivity contribution < 1.29 is 4.79 Å². The first-order valence-electron chi connectivity index (χ1n) is 6.69. The van der Waals surface area contributed by atoms with Crippen molar-refractivity contribution >= 4 is 17.7 Å². The van der Waals surface area contributed by atoms with Crippen LogP contribution in [0.3, 0.4) is 0 Å². The lowest BCUT2D eigenvalue weighted by molar-refractivity contribution is -0.130. The maximum atomic E-state index is 12.3. The lowest BCUT2D eigenvalue weighted by Crippen LogP contribution is -2.58. The molecule has 0 aliphatic carbocycles. The Morgan fingerprint density at radius 1 is 1.40 bits per heavy atom. The molecule has 7 heteroatoms. The number of hydrogen-bond acceptors (Lipinski definition) is 6. The van der Waals surface area contributed by atoms with Crippen LogP contribution in [-0.2, 0) is 4.79 Å². The molecule has 0 radical (unpaired) electrons. The fraction of sp³-hybridized carbons (Fsp3) is 0.615. The minimum absolute atomic E-state index is 0.0854. The standard InChI is InChI=1S/C13H22N6O/c1-17(2)12(20)10-9-14-7-8-19(10)11-5-6-15-13(16-11)18(3)4/h5-6,10,14H,7-9H2,1-4H3. The molecule has 0 aromatic carbocycles. The molecule has 20 heavy (non-hydrogen) atoms. The summed E-state index contributed by atoms with van der Waals surface area (Å²) in [5.41, 5.74) is 0. The monoisotopic (exact) mass is 278 g/mol. The summed E-state index contributed by atoms with van der Waals surface area (Å²) < 4.78 is 0. The number of carbonyl (C=O) groups is 1. The zero-order valence-electron chi connectivity index (χ0n) is 12.5. The van der Waals surface area contributed by atoms with Gasteiger partial charge in [-0.2, -0.15) is 4.98 Å². The van der Waals surface area contributed by atoms with Crippen molar-refractivity contribution in [3.63, 3.8) is 0 Å². The van der Waals surface area contributed by atoms with Crippen molar-refractivity contribution in [2.45, 2.75) is 6.04 Å². The number of piperazine rings is 1. The average Bonchev–Trinajstić information content (AvgIpc) is 2.46. The SMILES string of the molecule is CN(C)C(=O)C1CNCCN1c1ccnc(N(C)C)n1. The van der Waals surface area contributed by atoms with Gasteiger partial charge in [-0.05, 0) is 6.07 Å². The first-order valence-corrected chi connectivity index (χ1v) is 6.69. The number of rotatable bonds is 3. The third-order valence-electron chi connectivity index (χ3n) is 3.29. The summed E-state index contributed by atoms with van der Waals surface area (Å²) in [6.45, 7) is 2.24. The number of likely N-dealkylation sites (N-methyl/N-ethyl adjacent to an activating group) is 1. The molecule has 1 aromatic heterocycles. The van der Waals surface area contributed by atoms with Gasteiger partial charge in [0.05, 0.1) is 0 Å². The molecule has 0 spiro atoms. The zero-order chi connectivity index (χ0) is 14.7. The van der Waals surface area contributed by atoms with Crippen LogP contribution in [0.5, 0.6) is 0 Å². The highest BCUT2D eigenvalue weighted by atomic mass is 16.2. The quantitative estimate of drug-likeness (QED) is 0.797. The molecular formula is C13H22N6O. The Balaban J connectivity index is 2.28. The highest BCUT2D eigenvalue weighted by Crippen LogP contribution is 2.18. The van der Waals surface area contributed by atoms with Gasteiger partial charge in [0.25, 0.3) is 0 Å². The van der Waals surface area contributed by atoms with Gasteiger partial charge >= 0.3 is 0 Å². The molecule has 1 atom stereocenters. The predicted octanol–water partition coefficient (Wildman–Crippen LogP) is -0.591. The second-order valence-electron chi connectivity index (χ2n) is 5.26. The lowest BCUT2D eigenvalue weighted by Gasteiger charge is -2.37. The number of anilines is 2. The zero-order valence-corrected chi connectivity index (χ0v) is 12.5. The van der Waals surface area contributed by atoms with Crippen LogP contribution in [0, 0.1) is 0 Å². The Labute approximate surface area is 119 Å². The Hall–Kier alpha value is -1.89. The number of nitrogens with one attached hydrogen (secondary N) is 1. The second-order valence-corrected chi connectivity index (χ2v) is 5.26. The van der Waals surface area contributed by atoms with Crippen molar-refractivity contribution in [2.24, 2.45) is 0 Å². The summed E-state index contributed by atoms with van der Waals surface area (Å²) in [6.07, 6.45) is 1.73. The van der Waals surface area contributed by atoms with Gasteiger partial charge in [-0.25, -0.2) is 4.98 Å². The molecule has 1 N–H and O–H groups in total. The van der Waals surface area contributed by atoms with E-state index in [4.69, 9.17) is 0 Å². The Bertz CT molecular complexity index is 476. The fourth-order valence-corrected chi connectivity index (χ4v) is 2.21. The van der Waals surface area contributed by atoms with Crippen LogP contribution in [0.2, 0.25) is 0 Å². The Kier molecular flexibility index (Phi) is 4.39. The van der Waals surface area contributed by atoms with Crippen LogP contribution in [0.15, 0.2) is 12.3 Å². The second kappa shape index (κ2) is 6.04. The van der Waals surface area contributed by atoms with Crippen molar-refractivity contribution in [2.75, 3.05) is 57.6 Å². The van der Waals surface area contributed by atoms with Gasteiger partial charge in [-0.3, -0.25) is 4.79 Å². The highest BCUT2D eigenvalue weighted by Gasteiger charge is 2.30. The molecule has 0 saturated carbocycles. The van der Waals surface area contributed by atoms with Gasteiger partial charge < -0.3 is 20.0 Å². The first kappa shape index (κ1) is 14.5. The average molecular weight is 278 g/mol. The molecule has 1 aliphatic rings. The van der Waals surface area contributed by atoms with Gasteiger partial charge in [0.2, 0.25) is 11.9 Å². The number of hydrogen-bond donors (Lipinski definition) is 1. The number of amides is 1. The van der Waals surface area contributed by atoms with Crippen LogP contribution >= 0.6 is 0 Å².